The zero-order valence-corrected chi connectivity index (χ0v) is 11.6. The third kappa shape index (κ3) is 4.85. The minimum absolute atomic E-state index is 0.169. The molecule has 0 radical (unpaired) electrons. The quantitative estimate of drug-likeness (QED) is 0.731. The number of hydrogen-bond acceptors (Lipinski definition) is 5. The highest BCUT2D eigenvalue weighted by Gasteiger charge is 2.37. The largest absolute Gasteiger partial charge is 0.368 e. The fourth-order valence-electron chi connectivity index (χ4n) is 1.99. The molecule has 17 heavy (non-hydrogen) atoms. The number of carbonyl (C=O) groups is 1. The number of rotatable bonds is 5. The van der Waals surface area contributed by atoms with Gasteiger partial charge in [-0.15, -0.1) is 0 Å². The lowest BCUT2D eigenvalue weighted by molar-refractivity contribution is -0.124. The fourth-order valence-corrected chi connectivity index (χ4v) is 4.67. The molecular formula is C10H20N2O3S2. The molecule has 0 aromatic rings. The van der Waals surface area contributed by atoms with Gasteiger partial charge in [-0.05, 0) is 25.7 Å². The molecule has 100 valence electrons. The molecule has 7 heteroatoms. The van der Waals surface area contributed by atoms with Gasteiger partial charge in [0, 0.05) is 17.3 Å². The van der Waals surface area contributed by atoms with Crippen molar-refractivity contribution in [1.29, 1.82) is 0 Å². The van der Waals surface area contributed by atoms with Crippen molar-refractivity contribution in [2.75, 3.05) is 17.8 Å². The molecule has 0 aromatic heterocycles. The zero-order chi connectivity index (χ0) is 13.1. The van der Waals surface area contributed by atoms with Gasteiger partial charge < -0.3 is 11.5 Å². The Morgan fingerprint density at radius 3 is 2.71 bits per heavy atom. The molecule has 5 nitrogen and oxygen atoms in total. The van der Waals surface area contributed by atoms with Crippen LogP contribution in [-0.2, 0) is 14.6 Å². The first kappa shape index (κ1) is 14.8. The molecule has 1 fully saturated rings. The van der Waals surface area contributed by atoms with Crippen molar-refractivity contribution in [2.45, 2.75) is 36.5 Å². The highest BCUT2D eigenvalue weighted by molar-refractivity contribution is 8.01. The van der Waals surface area contributed by atoms with E-state index in [0.717, 1.165) is 12.8 Å². The lowest BCUT2D eigenvalue weighted by Gasteiger charge is -2.35. The molecule has 1 saturated carbocycles. The van der Waals surface area contributed by atoms with Crippen LogP contribution in [0.4, 0.5) is 0 Å². The molecule has 1 aliphatic carbocycles. The minimum Gasteiger partial charge on any atom is -0.368 e. The van der Waals surface area contributed by atoms with Gasteiger partial charge >= 0.3 is 0 Å². The Hall–Kier alpha value is -0.270. The van der Waals surface area contributed by atoms with Gasteiger partial charge in [-0.25, -0.2) is 8.42 Å². The average Bonchev–Trinajstić information content (AvgIpc) is 2.15. The van der Waals surface area contributed by atoms with E-state index in [4.69, 9.17) is 11.5 Å². The zero-order valence-electron chi connectivity index (χ0n) is 10.0. The molecule has 0 bridgehead atoms. The van der Waals surface area contributed by atoms with Gasteiger partial charge in [0.1, 0.15) is 9.84 Å². The molecule has 1 rings (SSSR count). The summed E-state index contributed by atoms with van der Waals surface area (Å²) in [7, 11) is -2.91. The van der Waals surface area contributed by atoms with Gasteiger partial charge in [-0.3, -0.25) is 4.79 Å². The molecule has 0 saturated heterocycles. The summed E-state index contributed by atoms with van der Waals surface area (Å²) < 4.78 is 22.0. The normalized spacial score (nSPS) is 30.1. The van der Waals surface area contributed by atoms with Crippen LogP contribution in [-0.4, -0.2) is 42.9 Å². The smallest absolute Gasteiger partial charge is 0.237 e. The first-order chi connectivity index (χ1) is 7.73. The third-order valence-electron chi connectivity index (χ3n) is 3.04. The molecular weight excluding hydrogens is 260 g/mol. The van der Waals surface area contributed by atoms with Crippen LogP contribution in [0, 0.1) is 0 Å². The average molecular weight is 280 g/mol. The highest BCUT2D eigenvalue weighted by atomic mass is 32.2. The molecule has 0 aliphatic heterocycles. The predicted molar refractivity (Wildman–Crippen MR) is 70.5 cm³/mol. The Morgan fingerprint density at radius 1 is 1.53 bits per heavy atom. The monoisotopic (exact) mass is 280 g/mol. The van der Waals surface area contributed by atoms with Crippen molar-refractivity contribution in [1.82, 2.24) is 0 Å². The molecule has 2 unspecified atom stereocenters. The van der Waals surface area contributed by atoms with Crippen LogP contribution in [0.1, 0.15) is 25.7 Å². The molecule has 0 aromatic carbocycles. The van der Waals surface area contributed by atoms with Crippen LogP contribution in [0.2, 0.25) is 0 Å². The molecule has 1 aliphatic rings. The maximum Gasteiger partial charge on any atom is 0.237 e. The Morgan fingerprint density at radius 2 is 2.18 bits per heavy atom. The second-order valence-electron chi connectivity index (χ2n) is 4.74. The van der Waals surface area contributed by atoms with Crippen LogP contribution < -0.4 is 11.5 Å². The number of primary amides is 1. The Bertz CT molecular complexity index is 383. The Kier molecular flexibility index (Phi) is 4.86. The lowest BCUT2D eigenvalue weighted by atomic mass is 9.82. The standard InChI is InChI=1S/C10H20N2O3S2/c1-17(14,15)6-5-16-8-3-2-4-10(12,7-8)9(11)13/h8H,2-7,12H2,1H3,(H2,11,13). The number of thioether (sulfide) groups is 1. The number of amides is 1. The molecule has 0 heterocycles. The van der Waals surface area contributed by atoms with Crippen molar-refractivity contribution >= 4 is 27.5 Å². The topological polar surface area (TPSA) is 103 Å². The molecule has 0 spiro atoms. The summed E-state index contributed by atoms with van der Waals surface area (Å²) in [6, 6.07) is 0. The first-order valence-corrected chi connectivity index (χ1v) is 8.72. The SMILES string of the molecule is CS(=O)(=O)CCSC1CCCC(N)(C(N)=O)C1. The summed E-state index contributed by atoms with van der Waals surface area (Å²) in [6.07, 6.45) is 4.25. The van der Waals surface area contributed by atoms with E-state index in [1.807, 2.05) is 0 Å². The Balaban J connectivity index is 2.43. The number of hydrogen-bond donors (Lipinski definition) is 2. The molecule has 2 atom stereocenters. The predicted octanol–water partition coefficient (Wildman–Crippen LogP) is -0.110. The van der Waals surface area contributed by atoms with Gasteiger partial charge in [0.2, 0.25) is 5.91 Å². The maximum atomic E-state index is 11.2. The summed E-state index contributed by atoms with van der Waals surface area (Å²) in [5, 5.41) is 0.239. The lowest BCUT2D eigenvalue weighted by Crippen LogP contribution is -2.55. The van der Waals surface area contributed by atoms with Crippen molar-refractivity contribution in [3.63, 3.8) is 0 Å². The van der Waals surface area contributed by atoms with Crippen LogP contribution in [0.5, 0.6) is 0 Å². The van der Waals surface area contributed by atoms with Crippen molar-refractivity contribution in [3.8, 4) is 0 Å². The van der Waals surface area contributed by atoms with E-state index in [9.17, 15) is 13.2 Å². The van der Waals surface area contributed by atoms with E-state index in [1.165, 1.54) is 6.26 Å². The summed E-state index contributed by atoms with van der Waals surface area (Å²) >= 11 is 1.58. The van der Waals surface area contributed by atoms with E-state index in [1.54, 1.807) is 11.8 Å². The maximum absolute atomic E-state index is 11.2. The van der Waals surface area contributed by atoms with E-state index >= 15 is 0 Å². The molecule has 1 amide bonds. The van der Waals surface area contributed by atoms with E-state index in [0.29, 0.717) is 18.6 Å². The van der Waals surface area contributed by atoms with Crippen LogP contribution in [0.25, 0.3) is 0 Å². The van der Waals surface area contributed by atoms with Crippen LogP contribution >= 0.6 is 11.8 Å². The van der Waals surface area contributed by atoms with Gasteiger partial charge in [-0.1, -0.05) is 0 Å². The van der Waals surface area contributed by atoms with Gasteiger partial charge in [0.15, 0.2) is 0 Å². The first-order valence-electron chi connectivity index (χ1n) is 5.61. The Labute approximate surface area is 107 Å². The van der Waals surface area contributed by atoms with Crippen molar-refractivity contribution in [3.05, 3.63) is 0 Å². The van der Waals surface area contributed by atoms with Crippen molar-refractivity contribution < 1.29 is 13.2 Å². The van der Waals surface area contributed by atoms with E-state index < -0.39 is 21.3 Å². The summed E-state index contributed by atoms with van der Waals surface area (Å²) in [5.41, 5.74) is 10.3. The summed E-state index contributed by atoms with van der Waals surface area (Å²) in [6.45, 7) is 0. The van der Waals surface area contributed by atoms with Gasteiger partial charge in [-0.2, -0.15) is 11.8 Å². The van der Waals surface area contributed by atoms with Gasteiger partial charge in [0.25, 0.3) is 0 Å². The number of nitrogens with two attached hydrogens (primary N) is 2. The van der Waals surface area contributed by atoms with E-state index in [-0.39, 0.29) is 11.0 Å². The summed E-state index contributed by atoms with van der Waals surface area (Å²) in [5.74, 6) is 0.270. The third-order valence-corrected chi connectivity index (χ3v) is 5.56. The van der Waals surface area contributed by atoms with Crippen LogP contribution in [0.15, 0.2) is 0 Å². The second kappa shape index (κ2) is 5.58. The fraction of sp³-hybridized carbons (Fsp3) is 0.900. The van der Waals surface area contributed by atoms with Crippen molar-refractivity contribution in [2.24, 2.45) is 11.5 Å². The second-order valence-corrected chi connectivity index (χ2v) is 8.41. The summed E-state index contributed by atoms with van der Waals surface area (Å²) in [4.78, 5) is 11.2. The van der Waals surface area contributed by atoms with Gasteiger partial charge in [0.05, 0.1) is 11.3 Å². The van der Waals surface area contributed by atoms with Crippen LogP contribution in [0.3, 0.4) is 0 Å². The highest BCUT2D eigenvalue weighted by Crippen LogP contribution is 2.33. The molecule has 4 N–H and O–H groups in total. The number of carbonyl (C=O) groups excluding carboxylic acids is 1. The number of sulfone groups is 1. The minimum atomic E-state index is -2.91. The van der Waals surface area contributed by atoms with E-state index in [2.05, 4.69) is 0 Å².